The van der Waals surface area contributed by atoms with Crippen LogP contribution < -0.4 is 4.74 Å². The maximum atomic E-state index is 12.1. The average Bonchev–Trinajstić information content (AvgIpc) is 2.49. The SMILES string of the molecule is Cc1ccccc1OCCS(=O)(=O)c1ccc(C#N)cc1. The highest BCUT2D eigenvalue weighted by Crippen LogP contribution is 2.17. The summed E-state index contributed by atoms with van der Waals surface area (Å²) in [6, 6.07) is 15.3. The monoisotopic (exact) mass is 301 g/mol. The molecule has 0 amide bonds. The van der Waals surface area contributed by atoms with Crippen LogP contribution in [-0.4, -0.2) is 20.8 Å². The van der Waals surface area contributed by atoms with Crippen molar-refractivity contribution in [2.75, 3.05) is 12.4 Å². The number of rotatable bonds is 5. The molecule has 5 heteroatoms. The van der Waals surface area contributed by atoms with E-state index in [0.717, 1.165) is 5.56 Å². The molecule has 21 heavy (non-hydrogen) atoms. The second-order valence-corrected chi connectivity index (χ2v) is 6.68. The predicted molar refractivity (Wildman–Crippen MR) is 79.9 cm³/mol. The van der Waals surface area contributed by atoms with Gasteiger partial charge >= 0.3 is 0 Å². The van der Waals surface area contributed by atoms with Gasteiger partial charge in [0.05, 0.1) is 22.3 Å². The van der Waals surface area contributed by atoms with Crippen molar-refractivity contribution < 1.29 is 13.2 Å². The van der Waals surface area contributed by atoms with Gasteiger partial charge in [0, 0.05) is 0 Å². The Morgan fingerprint density at radius 1 is 1.10 bits per heavy atom. The van der Waals surface area contributed by atoms with E-state index in [1.165, 1.54) is 24.3 Å². The second-order valence-electron chi connectivity index (χ2n) is 4.57. The van der Waals surface area contributed by atoms with Gasteiger partial charge in [-0.3, -0.25) is 0 Å². The van der Waals surface area contributed by atoms with Crippen LogP contribution in [0, 0.1) is 18.3 Å². The molecule has 4 nitrogen and oxygen atoms in total. The Labute approximate surface area is 124 Å². The van der Waals surface area contributed by atoms with Gasteiger partial charge in [0.25, 0.3) is 0 Å². The summed E-state index contributed by atoms with van der Waals surface area (Å²) in [5.74, 6) is 0.584. The fourth-order valence-electron chi connectivity index (χ4n) is 1.83. The van der Waals surface area contributed by atoms with Gasteiger partial charge in [0.15, 0.2) is 9.84 Å². The lowest BCUT2D eigenvalue weighted by Crippen LogP contribution is -2.14. The van der Waals surface area contributed by atoms with Crippen molar-refractivity contribution in [3.63, 3.8) is 0 Å². The lowest BCUT2D eigenvalue weighted by molar-refractivity contribution is 0.338. The third kappa shape index (κ3) is 3.83. The van der Waals surface area contributed by atoms with Crippen LogP contribution in [0.25, 0.3) is 0 Å². The average molecular weight is 301 g/mol. The quantitative estimate of drug-likeness (QED) is 0.851. The van der Waals surface area contributed by atoms with E-state index in [1.807, 2.05) is 37.3 Å². The first-order valence-corrected chi connectivity index (χ1v) is 8.09. The molecular weight excluding hydrogens is 286 g/mol. The zero-order chi connectivity index (χ0) is 15.3. The second kappa shape index (κ2) is 6.42. The molecule has 2 rings (SSSR count). The number of hydrogen-bond donors (Lipinski definition) is 0. The molecule has 0 spiro atoms. The van der Waals surface area contributed by atoms with Crippen molar-refractivity contribution in [2.45, 2.75) is 11.8 Å². The van der Waals surface area contributed by atoms with Crippen LogP contribution in [0.1, 0.15) is 11.1 Å². The lowest BCUT2D eigenvalue weighted by Gasteiger charge is -2.09. The highest BCUT2D eigenvalue weighted by atomic mass is 32.2. The molecule has 108 valence electrons. The summed E-state index contributed by atoms with van der Waals surface area (Å²) in [6.07, 6.45) is 0. The first-order chi connectivity index (χ1) is 10.0. The zero-order valence-electron chi connectivity index (χ0n) is 11.6. The fourth-order valence-corrected chi connectivity index (χ4v) is 2.92. The minimum atomic E-state index is -3.40. The van der Waals surface area contributed by atoms with Crippen LogP contribution in [0.4, 0.5) is 0 Å². The zero-order valence-corrected chi connectivity index (χ0v) is 12.4. The predicted octanol–water partition coefficient (Wildman–Crippen LogP) is 2.72. The van der Waals surface area contributed by atoms with Gasteiger partial charge < -0.3 is 4.74 Å². The number of nitriles is 1. The number of ether oxygens (including phenoxy) is 1. The van der Waals surface area contributed by atoms with E-state index < -0.39 is 9.84 Å². The Kier molecular flexibility index (Phi) is 4.61. The molecule has 0 saturated heterocycles. The number of hydrogen-bond acceptors (Lipinski definition) is 4. The molecule has 0 N–H and O–H groups in total. The molecule has 0 atom stereocenters. The highest BCUT2D eigenvalue weighted by molar-refractivity contribution is 7.91. The standard InChI is InChI=1S/C16H15NO3S/c1-13-4-2-3-5-16(13)20-10-11-21(18,19)15-8-6-14(12-17)7-9-15/h2-9H,10-11H2,1H3. The Morgan fingerprint density at radius 2 is 1.76 bits per heavy atom. The fraction of sp³-hybridized carbons (Fsp3) is 0.188. The van der Waals surface area contributed by atoms with E-state index in [0.29, 0.717) is 11.3 Å². The maximum Gasteiger partial charge on any atom is 0.181 e. The highest BCUT2D eigenvalue weighted by Gasteiger charge is 2.14. The third-order valence-electron chi connectivity index (χ3n) is 3.05. The topological polar surface area (TPSA) is 67.2 Å². The number of benzene rings is 2. The molecule has 0 saturated carbocycles. The minimum Gasteiger partial charge on any atom is -0.492 e. The van der Waals surface area contributed by atoms with E-state index >= 15 is 0 Å². The van der Waals surface area contributed by atoms with E-state index in [4.69, 9.17) is 10.00 Å². The number of aryl methyl sites for hydroxylation is 1. The molecule has 0 radical (unpaired) electrons. The third-order valence-corrected chi connectivity index (χ3v) is 4.74. The molecule has 0 aromatic heterocycles. The van der Waals surface area contributed by atoms with Crippen molar-refractivity contribution in [3.05, 3.63) is 59.7 Å². The summed E-state index contributed by atoms with van der Waals surface area (Å²) >= 11 is 0. The van der Waals surface area contributed by atoms with Gasteiger partial charge in [-0.2, -0.15) is 5.26 Å². The summed E-state index contributed by atoms with van der Waals surface area (Å²) in [5, 5.41) is 8.71. The Hall–Kier alpha value is -2.32. The van der Waals surface area contributed by atoms with E-state index in [9.17, 15) is 8.42 Å². The van der Waals surface area contributed by atoms with Crippen LogP contribution in [0.2, 0.25) is 0 Å². The van der Waals surface area contributed by atoms with Crippen LogP contribution in [0.3, 0.4) is 0 Å². The van der Waals surface area contributed by atoms with E-state index in [1.54, 1.807) is 0 Å². The molecule has 2 aromatic carbocycles. The number of nitrogens with zero attached hydrogens (tertiary/aromatic N) is 1. The molecule has 0 heterocycles. The van der Waals surface area contributed by atoms with Crippen molar-refractivity contribution >= 4 is 9.84 Å². The van der Waals surface area contributed by atoms with Gasteiger partial charge in [0.2, 0.25) is 0 Å². The van der Waals surface area contributed by atoms with Gasteiger partial charge in [-0.05, 0) is 42.8 Å². The lowest BCUT2D eigenvalue weighted by atomic mass is 10.2. The van der Waals surface area contributed by atoms with Crippen LogP contribution >= 0.6 is 0 Å². The van der Waals surface area contributed by atoms with Crippen LogP contribution in [-0.2, 0) is 9.84 Å². The van der Waals surface area contributed by atoms with Crippen molar-refractivity contribution in [2.24, 2.45) is 0 Å². The number of para-hydroxylation sites is 1. The van der Waals surface area contributed by atoms with Gasteiger partial charge in [-0.1, -0.05) is 18.2 Å². The first-order valence-electron chi connectivity index (χ1n) is 6.44. The molecule has 0 aliphatic carbocycles. The first kappa shape index (κ1) is 15.1. The normalized spacial score (nSPS) is 10.9. The summed E-state index contributed by atoms with van der Waals surface area (Å²) in [6.45, 7) is 2.00. The Bertz CT molecular complexity index is 759. The van der Waals surface area contributed by atoms with Gasteiger partial charge in [-0.25, -0.2) is 8.42 Å². The molecule has 0 aliphatic heterocycles. The van der Waals surface area contributed by atoms with Crippen LogP contribution in [0.15, 0.2) is 53.4 Å². The molecule has 2 aromatic rings. The van der Waals surface area contributed by atoms with E-state index in [2.05, 4.69) is 0 Å². The molecule has 0 unspecified atom stereocenters. The molecule has 0 fully saturated rings. The Balaban J connectivity index is 2.01. The van der Waals surface area contributed by atoms with Gasteiger partial charge in [-0.15, -0.1) is 0 Å². The van der Waals surface area contributed by atoms with Crippen molar-refractivity contribution in [1.29, 1.82) is 5.26 Å². The summed E-state index contributed by atoms with van der Waals surface area (Å²) < 4.78 is 29.8. The van der Waals surface area contributed by atoms with Crippen molar-refractivity contribution in [1.82, 2.24) is 0 Å². The molecular formula is C16H15NO3S. The summed E-state index contributed by atoms with van der Waals surface area (Å²) in [4.78, 5) is 0.204. The van der Waals surface area contributed by atoms with Gasteiger partial charge in [0.1, 0.15) is 12.4 Å². The van der Waals surface area contributed by atoms with Crippen molar-refractivity contribution in [3.8, 4) is 11.8 Å². The largest absolute Gasteiger partial charge is 0.492 e. The van der Waals surface area contributed by atoms with E-state index in [-0.39, 0.29) is 17.3 Å². The molecule has 0 bridgehead atoms. The smallest absolute Gasteiger partial charge is 0.181 e. The summed E-state index contributed by atoms with van der Waals surface area (Å²) in [7, 11) is -3.40. The van der Waals surface area contributed by atoms with Crippen LogP contribution in [0.5, 0.6) is 5.75 Å². The number of sulfone groups is 1. The summed E-state index contributed by atoms with van der Waals surface area (Å²) in [5.41, 5.74) is 1.40. The Morgan fingerprint density at radius 3 is 2.38 bits per heavy atom. The maximum absolute atomic E-state index is 12.1. The molecule has 0 aliphatic rings. The minimum absolute atomic E-state index is 0.0905.